The lowest BCUT2D eigenvalue weighted by atomic mass is 9.75. The average Bonchev–Trinajstić information content (AvgIpc) is 3.07. The summed E-state index contributed by atoms with van der Waals surface area (Å²) in [5.74, 6) is 2.31. The molecule has 3 rings (SSSR count). The summed E-state index contributed by atoms with van der Waals surface area (Å²) in [7, 11) is 0. The minimum absolute atomic E-state index is 0.187. The molecule has 1 fully saturated rings. The van der Waals surface area contributed by atoms with E-state index in [0.29, 0.717) is 36.5 Å². The molecule has 0 atom stereocenters. The third kappa shape index (κ3) is 15.1. The van der Waals surface area contributed by atoms with E-state index in [1.54, 1.807) is 19.1 Å². The summed E-state index contributed by atoms with van der Waals surface area (Å²) in [5, 5.41) is 0. The molecule has 1 aromatic rings. The van der Waals surface area contributed by atoms with Gasteiger partial charge < -0.3 is 23.7 Å². The molecule has 8 heteroatoms. The second-order valence-electron chi connectivity index (χ2n) is 15.3. The van der Waals surface area contributed by atoms with Crippen LogP contribution in [-0.4, -0.2) is 42.5 Å². The summed E-state index contributed by atoms with van der Waals surface area (Å²) in [4.78, 5) is 36.7. The first-order valence-electron chi connectivity index (χ1n) is 18.9. The fourth-order valence-corrected chi connectivity index (χ4v) is 6.70. The van der Waals surface area contributed by atoms with Gasteiger partial charge in [-0.15, -0.1) is 0 Å². The van der Waals surface area contributed by atoms with Gasteiger partial charge in [0, 0.05) is 12.0 Å². The van der Waals surface area contributed by atoms with Gasteiger partial charge >= 0.3 is 18.1 Å². The largest absolute Gasteiger partial charge is 0.508 e. The molecule has 0 amide bonds. The van der Waals surface area contributed by atoms with Crippen LogP contribution < -0.4 is 4.74 Å². The minimum Gasteiger partial charge on any atom is -0.494 e. The molecule has 0 N–H and O–H groups in total. The van der Waals surface area contributed by atoms with Gasteiger partial charge in [0.2, 0.25) is 0 Å². The Kier molecular flexibility index (Phi) is 16.6. The number of allylic oxidation sites excluding steroid dienone is 4. The number of rotatable bonds is 20. The molecular formula is C42H62O8. The number of ether oxygens (including phenoxy) is 5. The van der Waals surface area contributed by atoms with Crippen molar-refractivity contribution in [1.82, 2.24) is 0 Å². The molecule has 0 radical (unpaired) electrons. The molecule has 2 aliphatic carbocycles. The van der Waals surface area contributed by atoms with Crippen molar-refractivity contribution >= 4 is 18.1 Å². The number of hydrogen-bond donors (Lipinski definition) is 0. The summed E-state index contributed by atoms with van der Waals surface area (Å²) in [5.41, 5.74) is 1.08. The molecule has 0 unspecified atom stereocenters. The van der Waals surface area contributed by atoms with Gasteiger partial charge in [-0.05, 0) is 141 Å². The summed E-state index contributed by atoms with van der Waals surface area (Å²) in [6.07, 6.45) is 18.8. The fourth-order valence-electron chi connectivity index (χ4n) is 6.70. The van der Waals surface area contributed by atoms with Crippen molar-refractivity contribution in [3.63, 3.8) is 0 Å². The molecule has 0 aliphatic heterocycles. The van der Waals surface area contributed by atoms with Crippen LogP contribution in [0.15, 0.2) is 59.9 Å². The van der Waals surface area contributed by atoms with Crippen molar-refractivity contribution in [2.75, 3.05) is 13.2 Å². The van der Waals surface area contributed by atoms with E-state index in [9.17, 15) is 14.4 Å². The van der Waals surface area contributed by atoms with Crippen LogP contribution >= 0.6 is 0 Å². The number of benzene rings is 1. The third-order valence-electron chi connectivity index (χ3n) is 9.69. The number of carbonyl (C=O) groups excluding carboxylic acids is 3. The van der Waals surface area contributed by atoms with Crippen LogP contribution in [-0.2, 0) is 23.7 Å². The fraction of sp³-hybridized carbons (Fsp3) is 0.643. The van der Waals surface area contributed by atoms with E-state index >= 15 is 0 Å². The van der Waals surface area contributed by atoms with Gasteiger partial charge in [-0.25, -0.2) is 14.4 Å². The Morgan fingerprint density at radius 2 is 1.46 bits per heavy atom. The molecular weight excluding hydrogens is 632 g/mol. The molecule has 278 valence electrons. The van der Waals surface area contributed by atoms with E-state index in [0.717, 1.165) is 62.4 Å². The predicted molar refractivity (Wildman–Crippen MR) is 197 cm³/mol. The molecule has 0 bridgehead atoms. The van der Waals surface area contributed by atoms with Gasteiger partial charge in [0.05, 0.1) is 18.8 Å². The van der Waals surface area contributed by atoms with E-state index in [4.69, 9.17) is 23.7 Å². The van der Waals surface area contributed by atoms with Crippen LogP contribution in [0.2, 0.25) is 0 Å². The number of esters is 2. The normalized spacial score (nSPS) is 18.0. The van der Waals surface area contributed by atoms with E-state index < -0.39 is 23.3 Å². The highest BCUT2D eigenvalue weighted by Crippen LogP contribution is 2.38. The van der Waals surface area contributed by atoms with Crippen molar-refractivity contribution in [2.45, 2.75) is 149 Å². The summed E-state index contributed by atoms with van der Waals surface area (Å²) < 4.78 is 27.8. The van der Waals surface area contributed by atoms with Gasteiger partial charge in [0.1, 0.15) is 22.7 Å². The number of hydrogen-bond acceptors (Lipinski definition) is 8. The lowest BCUT2D eigenvalue weighted by molar-refractivity contribution is -0.152. The third-order valence-corrected chi connectivity index (χ3v) is 9.69. The highest BCUT2D eigenvalue weighted by molar-refractivity contribution is 5.90. The SMILES string of the molecule is C=C(C)C(=O)OC(C)(C)CCCOC(=O)OC(C)(C)CCCCCCOc1ccc(C(=O)OC2=CC=C(C3CCC(CCC)CC3)CC2)cc1. The topological polar surface area (TPSA) is 97.4 Å². The van der Waals surface area contributed by atoms with Crippen molar-refractivity contribution < 1.29 is 38.1 Å². The highest BCUT2D eigenvalue weighted by Gasteiger charge is 2.26. The maximum absolute atomic E-state index is 12.8. The van der Waals surface area contributed by atoms with Crippen molar-refractivity contribution in [2.24, 2.45) is 11.8 Å². The second-order valence-corrected chi connectivity index (χ2v) is 15.3. The van der Waals surface area contributed by atoms with E-state index in [2.05, 4.69) is 19.6 Å². The molecule has 0 saturated heterocycles. The lowest BCUT2D eigenvalue weighted by Gasteiger charge is -2.31. The predicted octanol–water partition coefficient (Wildman–Crippen LogP) is 11.0. The summed E-state index contributed by atoms with van der Waals surface area (Å²) >= 11 is 0. The molecule has 0 aromatic heterocycles. The molecule has 0 spiro atoms. The Bertz CT molecular complexity index is 1310. The monoisotopic (exact) mass is 694 g/mol. The number of carbonyl (C=O) groups is 3. The van der Waals surface area contributed by atoms with Gasteiger partial charge in [-0.1, -0.05) is 50.8 Å². The standard InChI is InChI=1S/C42H62O8/c1-8-14-32-15-17-33(18-16-32)34-19-25-37(26-20-34)48-39(44)35-21-23-36(24-22-35)46-29-12-10-9-11-27-42(6,7)50-40(45)47-30-13-28-41(4,5)49-38(43)31(2)3/h19,21-25,32-33H,2,8-18,20,26-30H2,1,3-7H3. The van der Waals surface area contributed by atoms with Crippen molar-refractivity contribution in [3.8, 4) is 5.75 Å². The van der Waals surface area contributed by atoms with Crippen LogP contribution in [0.4, 0.5) is 4.79 Å². The van der Waals surface area contributed by atoms with E-state index in [1.807, 2.05) is 45.9 Å². The Labute approximate surface area is 301 Å². The maximum atomic E-state index is 12.8. The molecule has 1 saturated carbocycles. The first-order chi connectivity index (χ1) is 23.8. The zero-order chi connectivity index (χ0) is 36.6. The van der Waals surface area contributed by atoms with Crippen LogP contribution in [0.25, 0.3) is 0 Å². The van der Waals surface area contributed by atoms with Gasteiger partial charge in [0.15, 0.2) is 0 Å². The van der Waals surface area contributed by atoms with Gasteiger partial charge in [-0.2, -0.15) is 0 Å². The van der Waals surface area contributed by atoms with E-state index in [1.165, 1.54) is 44.1 Å². The van der Waals surface area contributed by atoms with Gasteiger partial charge in [-0.3, -0.25) is 0 Å². The second kappa shape index (κ2) is 20.3. The maximum Gasteiger partial charge on any atom is 0.508 e. The Morgan fingerprint density at radius 3 is 2.10 bits per heavy atom. The first kappa shape index (κ1) is 40.9. The Morgan fingerprint density at radius 1 is 0.800 bits per heavy atom. The zero-order valence-corrected chi connectivity index (χ0v) is 31.6. The molecule has 0 heterocycles. The van der Waals surface area contributed by atoms with Gasteiger partial charge in [0.25, 0.3) is 0 Å². The first-order valence-corrected chi connectivity index (χ1v) is 18.9. The molecule has 1 aromatic carbocycles. The van der Waals surface area contributed by atoms with Crippen molar-refractivity contribution in [3.05, 3.63) is 65.5 Å². The highest BCUT2D eigenvalue weighted by atomic mass is 16.7. The smallest absolute Gasteiger partial charge is 0.494 e. The lowest BCUT2D eigenvalue weighted by Crippen LogP contribution is -2.30. The molecule has 50 heavy (non-hydrogen) atoms. The van der Waals surface area contributed by atoms with Crippen LogP contribution in [0.1, 0.15) is 148 Å². The Hall–Kier alpha value is -3.55. The average molecular weight is 695 g/mol. The van der Waals surface area contributed by atoms with Crippen molar-refractivity contribution in [1.29, 1.82) is 0 Å². The summed E-state index contributed by atoms with van der Waals surface area (Å²) in [6.45, 7) is 15.7. The van der Waals surface area contributed by atoms with Crippen LogP contribution in [0.5, 0.6) is 5.75 Å². The molecule has 8 nitrogen and oxygen atoms in total. The molecule has 2 aliphatic rings. The minimum atomic E-state index is -0.688. The Balaban J connectivity index is 1.24. The van der Waals surface area contributed by atoms with Crippen LogP contribution in [0, 0.1) is 11.8 Å². The quantitative estimate of drug-likeness (QED) is 0.0576. The van der Waals surface area contributed by atoms with E-state index in [-0.39, 0.29) is 12.6 Å². The number of unbranched alkanes of at least 4 members (excludes halogenated alkanes) is 3. The zero-order valence-electron chi connectivity index (χ0n) is 31.6. The summed E-state index contributed by atoms with van der Waals surface area (Å²) in [6, 6.07) is 7.15. The van der Waals surface area contributed by atoms with Crippen LogP contribution in [0.3, 0.4) is 0 Å².